The number of tetrazole rings is 1. The molecule has 0 amide bonds. The Morgan fingerprint density at radius 1 is 1.14 bits per heavy atom. The Kier molecular flexibility index (Phi) is 7.74. The molecule has 1 N–H and O–H groups in total. The smallest absolute Gasteiger partial charge is 0.252 e. The number of benzene rings is 1. The van der Waals surface area contributed by atoms with Crippen LogP contribution in [0.4, 0.5) is 0 Å². The van der Waals surface area contributed by atoms with Crippen LogP contribution in [-0.4, -0.2) is 36.1 Å². The summed E-state index contributed by atoms with van der Waals surface area (Å²) in [6, 6.07) is 6.85. The van der Waals surface area contributed by atoms with E-state index in [0.29, 0.717) is 12.6 Å². The zero-order valence-electron chi connectivity index (χ0n) is 22.4. The minimum Gasteiger partial charge on any atom is -0.322 e. The molecule has 0 aliphatic heterocycles. The van der Waals surface area contributed by atoms with Crippen LogP contribution in [0.3, 0.4) is 0 Å². The summed E-state index contributed by atoms with van der Waals surface area (Å²) in [5.41, 5.74) is 3.94. The van der Waals surface area contributed by atoms with E-state index in [9.17, 15) is 4.79 Å². The summed E-state index contributed by atoms with van der Waals surface area (Å²) in [6.07, 6.45) is 9.00. The number of fused-ring (bicyclic) bond motifs is 1. The number of nitrogens with one attached hydrogen (secondary N) is 1. The second-order valence-corrected chi connectivity index (χ2v) is 11.1. The van der Waals surface area contributed by atoms with Gasteiger partial charge in [0.2, 0.25) is 0 Å². The molecule has 0 radical (unpaired) electrons. The third-order valence-electron chi connectivity index (χ3n) is 7.98. The van der Waals surface area contributed by atoms with Gasteiger partial charge in [0.25, 0.3) is 5.56 Å². The molecule has 1 saturated carbocycles. The third kappa shape index (κ3) is 5.35. The van der Waals surface area contributed by atoms with Gasteiger partial charge in [0.05, 0.1) is 11.6 Å². The molecule has 1 aliphatic rings. The summed E-state index contributed by atoms with van der Waals surface area (Å²) >= 11 is 0. The van der Waals surface area contributed by atoms with E-state index in [1.807, 2.05) is 4.68 Å². The Morgan fingerprint density at radius 2 is 1.89 bits per heavy atom. The van der Waals surface area contributed by atoms with Crippen LogP contribution in [-0.2, 0) is 12.1 Å². The van der Waals surface area contributed by atoms with Crippen molar-refractivity contribution in [3.63, 3.8) is 0 Å². The van der Waals surface area contributed by atoms with Crippen LogP contribution in [0.1, 0.15) is 108 Å². The Labute approximate surface area is 209 Å². The number of hydrogen-bond donors (Lipinski definition) is 1. The molecule has 190 valence electrons. The van der Waals surface area contributed by atoms with Crippen molar-refractivity contribution in [3.8, 4) is 0 Å². The van der Waals surface area contributed by atoms with Gasteiger partial charge in [0.15, 0.2) is 5.82 Å². The van der Waals surface area contributed by atoms with Crippen LogP contribution in [0.25, 0.3) is 10.9 Å². The average molecular weight is 479 g/mol. The van der Waals surface area contributed by atoms with Crippen molar-refractivity contribution in [2.75, 3.05) is 0 Å². The predicted octanol–water partition coefficient (Wildman–Crippen LogP) is 5.95. The highest BCUT2D eigenvalue weighted by atomic mass is 16.1. The molecule has 0 saturated heterocycles. The number of H-pyrrole nitrogens is 1. The number of aryl methyl sites for hydroxylation is 2. The average Bonchev–Trinajstić information content (AvgIpc) is 3.33. The van der Waals surface area contributed by atoms with Crippen molar-refractivity contribution in [2.45, 2.75) is 117 Å². The molecule has 7 nitrogen and oxygen atoms in total. The van der Waals surface area contributed by atoms with Gasteiger partial charge in [0, 0.05) is 29.1 Å². The van der Waals surface area contributed by atoms with Gasteiger partial charge in [-0.2, -0.15) is 0 Å². The van der Waals surface area contributed by atoms with Gasteiger partial charge in [0.1, 0.15) is 0 Å². The number of nitrogens with zero attached hydrogens (tertiary/aromatic N) is 5. The van der Waals surface area contributed by atoms with Gasteiger partial charge >= 0.3 is 0 Å². The molecular formula is C28H42N6O. The fourth-order valence-electron chi connectivity index (χ4n) is 5.64. The van der Waals surface area contributed by atoms with Crippen LogP contribution in [0, 0.1) is 13.8 Å². The fourth-order valence-corrected chi connectivity index (χ4v) is 5.64. The summed E-state index contributed by atoms with van der Waals surface area (Å²) in [6.45, 7) is 13.6. The van der Waals surface area contributed by atoms with Gasteiger partial charge in [-0.1, -0.05) is 45.6 Å². The summed E-state index contributed by atoms with van der Waals surface area (Å²) in [5.74, 6) is 0.924. The van der Waals surface area contributed by atoms with Crippen LogP contribution in [0.15, 0.2) is 23.0 Å². The number of aromatic nitrogens is 5. The quantitative estimate of drug-likeness (QED) is 0.411. The van der Waals surface area contributed by atoms with Crippen LogP contribution in [0.5, 0.6) is 0 Å². The third-order valence-corrected chi connectivity index (χ3v) is 7.98. The highest BCUT2D eigenvalue weighted by Crippen LogP contribution is 2.35. The molecule has 1 fully saturated rings. The zero-order valence-corrected chi connectivity index (χ0v) is 22.4. The maximum Gasteiger partial charge on any atom is 0.252 e. The molecule has 2 aromatic heterocycles. The molecule has 1 aliphatic carbocycles. The predicted molar refractivity (Wildman–Crippen MR) is 142 cm³/mol. The standard InChI is InChI=1S/C28H42N6O/c1-7-12-25(26-30-31-32-34(26)28(5,6)8-2)33(22-13-10-9-11-14-22)18-21-17-23-20(4)15-19(3)16-24(23)29-27(21)35/h15-17,22,25H,7-14,18H2,1-6H3,(H,29,35). The lowest BCUT2D eigenvalue weighted by atomic mass is 9.91. The molecular weight excluding hydrogens is 436 g/mol. The Balaban J connectivity index is 1.80. The molecule has 4 rings (SSSR count). The second-order valence-electron chi connectivity index (χ2n) is 11.1. The van der Waals surface area contributed by atoms with E-state index >= 15 is 0 Å². The first-order valence-corrected chi connectivity index (χ1v) is 13.4. The highest BCUT2D eigenvalue weighted by Gasteiger charge is 2.35. The Bertz CT molecular complexity index is 1200. The number of rotatable bonds is 9. The Hall–Kier alpha value is -2.54. The van der Waals surface area contributed by atoms with Gasteiger partial charge in [-0.05, 0) is 87.1 Å². The van der Waals surface area contributed by atoms with Gasteiger partial charge in [-0.15, -0.1) is 5.10 Å². The molecule has 2 heterocycles. The SMILES string of the molecule is CCCC(c1nnnn1C(C)(C)CC)N(Cc1cc2c(C)cc(C)cc2[nH]c1=O)C1CCCCC1. The summed E-state index contributed by atoms with van der Waals surface area (Å²) in [4.78, 5) is 19.0. The number of pyridine rings is 1. The minimum atomic E-state index is -0.168. The summed E-state index contributed by atoms with van der Waals surface area (Å²) < 4.78 is 2.03. The lowest BCUT2D eigenvalue weighted by Crippen LogP contribution is -2.42. The largest absolute Gasteiger partial charge is 0.322 e. The van der Waals surface area contributed by atoms with Gasteiger partial charge in [-0.3, -0.25) is 9.69 Å². The van der Waals surface area contributed by atoms with Crippen molar-refractivity contribution < 1.29 is 0 Å². The first-order valence-electron chi connectivity index (χ1n) is 13.4. The van der Waals surface area contributed by atoms with E-state index in [-0.39, 0.29) is 17.1 Å². The fraction of sp³-hybridized carbons (Fsp3) is 0.643. The minimum absolute atomic E-state index is 0.00652. The van der Waals surface area contributed by atoms with Crippen LogP contribution >= 0.6 is 0 Å². The lowest BCUT2D eigenvalue weighted by molar-refractivity contribution is 0.0770. The maximum atomic E-state index is 13.3. The molecule has 3 aromatic rings. The maximum absolute atomic E-state index is 13.3. The molecule has 1 unspecified atom stereocenters. The molecule has 35 heavy (non-hydrogen) atoms. The Morgan fingerprint density at radius 3 is 2.57 bits per heavy atom. The van der Waals surface area contributed by atoms with E-state index in [1.165, 1.54) is 24.8 Å². The van der Waals surface area contributed by atoms with Crippen molar-refractivity contribution in [2.24, 2.45) is 0 Å². The normalized spacial score (nSPS) is 16.3. The first-order chi connectivity index (χ1) is 16.7. The second kappa shape index (κ2) is 10.6. The van der Waals surface area contributed by atoms with Crippen molar-refractivity contribution in [1.82, 2.24) is 30.1 Å². The molecule has 0 spiro atoms. The van der Waals surface area contributed by atoms with E-state index < -0.39 is 0 Å². The zero-order chi connectivity index (χ0) is 25.2. The monoisotopic (exact) mass is 478 g/mol. The van der Waals surface area contributed by atoms with Crippen molar-refractivity contribution in [1.29, 1.82) is 0 Å². The lowest BCUT2D eigenvalue weighted by Gasteiger charge is -2.40. The van der Waals surface area contributed by atoms with Crippen LogP contribution in [0.2, 0.25) is 0 Å². The number of hydrogen-bond acceptors (Lipinski definition) is 5. The topological polar surface area (TPSA) is 79.7 Å². The highest BCUT2D eigenvalue weighted by molar-refractivity contribution is 5.83. The van der Waals surface area contributed by atoms with E-state index in [0.717, 1.165) is 60.0 Å². The van der Waals surface area contributed by atoms with E-state index in [4.69, 9.17) is 0 Å². The van der Waals surface area contributed by atoms with E-state index in [1.54, 1.807) is 0 Å². The van der Waals surface area contributed by atoms with Gasteiger partial charge in [-0.25, -0.2) is 4.68 Å². The molecule has 7 heteroatoms. The van der Waals surface area contributed by atoms with E-state index in [2.05, 4.69) is 85.2 Å². The van der Waals surface area contributed by atoms with Gasteiger partial charge < -0.3 is 4.98 Å². The summed E-state index contributed by atoms with van der Waals surface area (Å²) in [5, 5.41) is 14.3. The van der Waals surface area contributed by atoms with Crippen molar-refractivity contribution >= 4 is 10.9 Å². The number of aromatic amines is 1. The molecule has 1 aromatic carbocycles. The van der Waals surface area contributed by atoms with Crippen molar-refractivity contribution in [3.05, 3.63) is 51.1 Å². The molecule has 1 atom stereocenters. The summed E-state index contributed by atoms with van der Waals surface area (Å²) in [7, 11) is 0. The van der Waals surface area contributed by atoms with Crippen LogP contribution < -0.4 is 5.56 Å². The molecule has 0 bridgehead atoms. The first kappa shape index (κ1) is 25.5.